The van der Waals surface area contributed by atoms with Crippen LogP contribution in [0.15, 0.2) is 0 Å². The predicted molar refractivity (Wildman–Crippen MR) is 62.1 cm³/mol. The van der Waals surface area contributed by atoms with Crippen molar-refractivity contribution in [3.8, 4) is 0 Å². The molecule has 3 atom stereocenters. The van der Waals surface area contributed by atoms with E-state index in [-0.39, 0.29) is 6.61 Å². The number of fused-ring (bicyclic) bond motifs is 1. The van der Waals surface area contributed by atoms with E-state index in [0.717, 1.165) is 0 Å². The number of aliphatic hydroxyl groups is 1. The third kappa shape index (κ3) is 2.90. The van der Waals surface area contributed by atoms with Gasteiger partial charge in [-0.15, -0.1) is 0 Å². The lowest BCUT2D eigenvalue weighted by molar-refractivity contribution is -0.271. The van der Waals surface area contributed by atoms with Gasteiger partial charge >= 0.3 is 5.97 Å². The van der Waals surface area contributed by atoms with Crippen molar-refractivity contribution in [2.75, 3.05) is 6.61 Å². The Hall–Kier alpha value is -0.730. The van der Waals surface area contributed by atoms with Gasteiger partial charge in [0.05, 0.1) is 12.7 Å². The van der Waals surface area contributed by atoms with Crippen molar-refractivity contribution in [1.29, 1.82) is 0 Å². The highest BCUT2D eigenvalue weighted by Gasteiger charge is 2.65. The Labute approximate surface area is 111 Å². The van der Waals surface area contributed by atoms with E-state index in [4.69, 9.17) is 18.9 Å². The van der Waals surface area contributed by atoms with Gasteiger partial charge in [-0.25, -0.2) is 4.79 Å². The lowest BCUT2D eigenvalue weighted by Gasteiger charge is -2.26. The monoisotopic (exact) mass is 276 g/mol. The van der Waals surface area contributed by atoms with E-state index in [1.54, 1.807) is 13.8 Å². The zero-order valence-corrected chi connectivity index (χ0v) is 11.5. The first kappa shape index (κ1) is 14.7. The molecule has 0 aromatic carbocycles. The lowest BCUT2D eigenvalue weighted by Crippen LogP contribution is -2.46. The SMILES string of the molecule is CC(C)(O)OC[C@H]1C[C@@H]2OC(C)(C)O[C@]2(C(=O)O)O1. The summed E-state index contributed by atoms with van der Waals surface area (Å²) in [6.45, 7) is 6.34. The summed E-state index contributed by atoms with van der Waals surface area (Å²) in [7, 11) is 0. The van der Waals surface area contributed by atoms with Crippen molar-refractivity contribution < 1.29 is 34.0 Å². The van der Waals surface area contributed by atoms with Crippen molar-refractivity contribution in [3.05, 3.63) is 0 Å². The van der Waals surface area contributed by atoms with Crippen LogP contribution in [0.25, 0.3) is 0 Å². The summed E-state index contributed by atoms with van der Waals surface area (Å²) in [6, 6.07) is 0. The minimum Gasteiger partial charge on any atom is -0.477 e. The van der Waals surface area contributed by atoms with Crippen LogP contribution in [0.4, 0.5) is 0 Å². The molecule has 0 aliphatic carbocycles. The Bertz CT molecular complexity index is 373. The van der Waals surface area contributed by atoms with Crippen LogP contribution in [0.3, 0.4) is 0 Å². The fraction of sp³-hybridized carbons (Fsp3) is 0.917. The molecule has 7 heteroatoms. The van der Waals surface area contributed by atoms with Crippen LogP contribution in [0.2, 0.25) is 0 Å². The average molecular weight is 276 g/mol. The molecule has 0 saturated carbocycles. The molecule has 2 fully saturated rings. The minimum absolute atomic E-state index is 0.0716. The molecule has 0 spiro atoms. The van der Waals surface area contributed by atoms with Gasteiger partial charge in [-0.05, 0) is 27.7 Å². The molecule has 0 aromatic rings. The normalized spacial score (nSPS) is 37.3. The summed E-state index contributed by atoms with van der Waals surface area (Å²) >= 11 is 0. The predicted octanol–water partition coefficient (Wildman–Crippen LogP) is 0.453. The van der Waals surface area contributed by atoms with Gasteiger partial charge in [0.2, 0.25) is 0 Å². The number of hydrogen-bond acceptors (Lipinski definition) is 6. The second-order valence-corrected chi connectivity index (χ2v) is 5.81. The molecule has 2 heterocycles. The molecule has 0 bridgehead atoms. The number of ether oxygens (including phenoxy) is 4. The summed E-state index contributed by atoms with van der Waals surface area (Å²) in [4.78, 5) is 11.4. The first-order valence-corrected chi connectivity index (χ1v) is 6.20. The highest BCUT2D eigenvalue weighted by molar-refractivity contribution is 5.77. The second-order valence-electron chi connectivity index (χ2n) is 5.81. The van der Waals surface area contributed by atoms with Gasteiger partial charge in [0.1, 0.15) is 6.10 Å². The molecule has 110 valence electrons. The van der Waals surface area contributed by atoms with E-state index in [2.05, 4.69) is 0 Å². The van der Waals surface area contributed by atoms with Crippen LogP contribution < -0.4 is 0 Å². The van der Waals surface area contributed by atoms with Gasteiger partial charge in [-0.3, -0.25) is 0 Å². The van der Waals surface area contributed by atoms with Crippen LogP contribution in [-0.2, 0) is 23.7 Å². The van der Waals surface area contributed by atoms with Gasteiger partial charge in [-0.1, -0.05) is 0 Å². The quantitative estimate of drug-likeness (QED) is 0.720. The van der Waals surface area contributed by atoms with Crippen LogP contribution >= 0.6 is 0 Å². The minimum atomic E-state index is -1.78. The summed E-state index contributed by atoms with van der Waals surface area (Å²) in [5.74, 6) is -5.28. The Morgan fingerprint density at radius 2 is 2.05 bits per heavy atom. The molecule has 2 N–H and O–H groups in total. The van der Waals surface area contributed by atoms with E-state index in [9.17, 15) is 15.0 Å². The molecule has 2 aliphatic heterocycles. The molecular formula is C12H20O7. The smallest absolute Gasteiger partial charge is 0.367 e. The van der Waals surface area contributed by atoms with E-state index in [1.165, 1.54) is 13.8 Å². The van der Waals surface area contributed by atoms with E-state index >= 15 is 0 Å². The van der Waals surface area contributed by atoms with Gasteiger partial charge in [0.15, 0.2) is 11.6 Å². The zero-order chi connectivity index (χ0) is 14.5. The van der Waals surface area contributed by atoms with E-state index in [0.29, 0.717) is 6.42 Å². The highest BCUT2D eigenvalue weighted by atomic mass is 16.9. The van der Waals surface area contributed by atoms with Gasteiger partial charge in [-0.2, -0.15) is 0 Å². The Morgan fingerprint density at radius 3 is 2.53 bits per heavy atom. The van der Waals surface area contributed by atoms with Crippen LogP contribution in [0, 0.1) is 0 Å². The number of rotatable bonds is 4. The van der Waals surface area contributed by atoms with Gasteiger partial charge < -0.3 is 29.2 Å². The van der Waals surface area contributed by atoms with Crippen LogP contribution in [0.5, 0.6) is 0 Å². The summed E-state index contributed by atoms with van der Waals surface area (Å²) in [6.07, 6.45) is -0.842. The molecule has 2 saturated heterocycles. The maximum absolute atomic E-state index is 11.4. The second kappa shape index (κ2) is 4.39. The molecule has 2 aliphatic rings. The molecule has 19 heavy (non-hydrogen) atoms. The number of carboxylic acids is 1. The molecule has 0 aromatic heterocycles. The van der Waals surface area contributed by atoms with Crippen molar-refractivity contribution in [3.63, 3.8) is 0 Å². The molecule has 7 nitrogen and oxygen atoms in total. The van der Waals surface area contributed by atoms with Crippen molar-refractivity contribution >= 4 is 5.97 Å². The Morgan fingerprint density at radius 1 is 1.42 bits per heavy atom. The maximum atomic E-state index is 11.4. The lowest BCUT2D eigenvalue weighted by atomic mass is 10.1. The van der Waals surface area contributed by atoms with E-state index < -0.39 is 35.5 Å². The molecule has 0 amide bonds. The fourth-order valence-corrected chi connectivity index (χ4v) is 2.34. The number of hydrogen-bond donors (Lipinski definition) is 2. The largest absolute Gasteiger partial charge is 0.477 e. The van der Waals surface area contributed by atoms with Crippen LogP contribution in [0.1, 0.15) is 34.1 Å². The molecular weight excluding hydrogens is 256 g/mol. The maximum Gasteiger partial charge on any atom is 0.367 e. The van der Waals surface area contributed by atoms with Crippen molar-refractivity contribution in [1.82, 2.24) is 0 Å². The number of carbonyl (C=O) groups is 1. The molecule has 0 radical (unpaired) electrons. The van der Waals surface area contributed by atoms with Crippen molar-refractivity contribution in [2.45, 2.75) is 63.7 Å². The Kier molecular flexibility index (Phi) is 3.39. The third-order valence-corrected chi connectivity index (χ3v) is 2.99. The highest BCUT2D eigenvalue weighted by Crippen LogP contribution is 2.45. The average Bonchev–Trinajstić information content (AvgIpc) is 2.63. The fourth-order valence-electron chi connectivity index (χ4n) is 2.34. The van der Waals surface area contributed by atoms with Gasteiger partial charge in [0, 0.05) is 6.42 Å². The number of aliphatic carboxylic acids is 1. The standard InChI is InChI=1S/C12H20O7/c1-10(2,15)16-6-7-5-8-12(17-7,9(13)14)19-11(3,4)18-8/h7-8,15H,5-6H2,1-4H3,(H,13,14)/t7-,8+,12-/m1/s1. The topological polar surface area (TPSA) is 94.5 Å². The zero-order valence-electron chi connectivity index (χ0n) is 11.5. The van der Waals surface area contributed by atoms with E-state index in [1.807, 2.05) is 0 Å². The first-order chi connectivity index (χ1) is 8.54. The first-order valence-electron chi connectivity index (χ1n) is 6.20. The summed E-state index contributed by atoms with van der Waals surface area (Å²) < 4.78 is 21.6. The van der Waals surface area contributed by atoms with Crippen molar-refractivity contribution in [2.24, 2.45) is 0 Å². The van der Waals surface area contributed by atoms with Crippen LogP contribution in [-0.4, -0.2) is 52.4 Å². The van der Waals surface area contributed by atoms with Gasteiger partial charge in [0.25, 0.3) is 5.79 Å². The third-order valence-electron chi connectivity index (χ3n) is 2.99. The molecule has 0 unspecified atom stereocenters. The molecule has 2 rings (SSSR count). The summed E-state index contributed by atoms with van der Waals surface area (Å²) in [5.41, 5.74) is 0. The Balaban J connectivity index is 2.05. The summed E-state index contributed by atoms with van der Waals surface area (Å²) in [5, 5.41) is 18.8. The number of carboxylic acid groups (broad SMARTS) is 1.